The highest BCUT2D eigenvalue weighted by atomic mass is 16.4. The third-order valence-corrected chi connectivity index (χ3v) is 7.86. The number of carbonyl (C=O) groups is 1. The molecule has 3 aliphatic rings. The van der Waals surface area contributed by atoms with Gasteiger partial charge in [-0.1, -0.05) is 61.7 Å². The van der Waals surface area contributed by atoms with Crippen molar-refractivity contribution in [2.45, 2.75) is 63.8 Å². The first-order valence-electron chi connectivity index (χ1n) is 12.6. The topological polar surface area (TPSA) is 43.8 Å². The first-order chi connectivity index (χ1) is 15.2. The van der Waals surface area contributed by atoms with Crippen LogP contribution in [0.2, 0.25) is 0 Å². The second-order valence-corrected chi connectivity index (χ2v) is 10.1. The molecule has 4 rings (SSSR count). The predicted molar refractivity (Wildman–Crippen MR) is 127 cm³/mol. The number of hydrogen-bond acceptors (Lipinski definition) is 3. The van der Waals surface area contributed by atoms with Crippen molar-refractivity contribution in [1.82, 2.24) is 9.80 Å². The van der Waals surface area contributed by atoms with Gasteiger partial charge < -0.3 is 10.0 Å². The summed E-state index contributed by atoms with van der Waals surface area (Å²) in [7, 11) is 0. The van der Waals surface area contributed by atoms with E-state index in [1.165, 1.54) is 57.2 Å². The minimum Gasteiger partial charge on any atom is -0.480 e. The van der Waals surface area contributed by atoms with Gasteiger partial charge in [-0.3, -0.25) is 9.69 Å². The Labute approximate surface area is 188 Å². The summed E-state index contributed by atoms with van der Waals surface area (Å²) in [5, 5.41) is 9.91. The summed E-state index contributed by atoms with van der Waals surface area (Å²) in [6, 6.07) is 10.3. The molecule has 2 aliphatic heterocycles. The average molecular weight is 425 g/mol. The summed E-state index contributed by atoms with van der Waals surface area (Å²) >= 11 is 0. The van der Waals surface area contributed by atoms with Crippen LogP contribution in [0.3, 0.4) is 0 Å². The Hall–Kier alpha value is -1.65. The highest BCUT2D eigenvalue weighted by Gasteiger charge is 2.38. The van der Waals surface area contributed by atoms with Crippen LogP contribution in [0.5, 0.6) is 0 Å². The van der Waals surface area contributed by atoms with E-state index in [-0.39, 0.29) is 6.04 Å². The minimum absolute atomic E-state index is 0.243. The lowest BCUT2D eigenvalue weighted by Crippen LogP contribution is -2.46. The van der Waals surface area contributed by atoms with Gasteiger partial charge >= 0.3 is 5.97 Å². The van der Waals surface area contributed by atoms with Gasteiger partial charge in [0.25, 0.3) is 0 Å². The number of hydrogen-bond donors (Lipinski definition) is 1. The number of piperidine rings is 1. The van der Waals surface area contributed by atoms with E-state index < -0.39 is 5.97 Å². The van der Waals surface area contributed by atoms with Crippen LogP contribution in [0.15, 0.2) is 36.4 Å². The summed E-state index contributed by atoms with van der Waals surface area (Å²) < 4.78 is 0. The van der Waals surface area contributed by atoms with Crippen molar-refractivity contribution in [2.75, 3.05) is 32.7 Å². The highest BCUT2D eigenvalue weighted by molar-refractivity contribution is 5.74. The number of nitrogens with zero attached hydrogens (tertiary/aromatic N) is 2. The molecule has 0 aromatic heterocycles. The normalized spacial score (nSPS) is 25.9. The first-order valence-corrected chi connectivity index (χ1v) is 12.6. The Balaban J connectivity index is 1.19. The van der Waals surface area contributed by atoms with Crippen LogP contribution >= 0.6 is 0 Å². The fourth-order valence-corrected chi connectivity index (χ4v) is 6.10. The number of likely N-dealkylation sites (tertiary alicyclic amines) is 2. The van der Waals surface area contributed by atoms with Crippen LogP contribution in [0, 0.1) is 17.8 Å². The maximum atomic E-state index is 12.0. The molecule has 1 aliphatic carbocycles. The Bertz CT molecular complexity index is 705. The SMILES string of the molecule is O=C(O)C(C1CCCCC1)N1CCC(CN2CCC(C/C=C\c3ccccc3)CC2)C1. The molecule has 4 heteroatoms. The van der Waals surface area contributed by atoms with Crippen LogP contribution < -0.4 is 0 Å². The minimum atomic E-state index is -0.586. The van der Waals surface area contributed by atoms with E-state index in [1.807, 2.05) is 0 Å². The van der Waals surface area contributed by atoms with Crippen molar-refractivity contribution in [3.8, 4) is 0 Å². The molecule has 2 atom stereocenters. The van der Waals surface area contributed by atoms with Crippen molar-refractivity contribution < 1.29 is 9.90 Å². The zero-order valence-electron chi connectivity index (χ0n) is 19.0. The quantitative estimate of drug-likeness (QED) is 0.626. The third-order valence-electron chi connectivity index (χ3n) is 7.86. The van der Waals surface area contributed by atoms with Gasteiger partial charge in [-0.25, -0.2) is 0 Å². The monoisotopic (exact) mass is 424 g/mol. The third kappa shape index (κ3) is 6.43. The highest BCUT2D eigenvalue weighted by Crippen LogP contribution is 2.32. The van der Waals surface area contributed by atoms with Crippen LogP contribution in [0.25, 0.3) is 6.08 Å². The van der Waals surface area contributed by atoms with Gasteiger partial charge in [0, 0.05) is 13.1 Å². The van der Waals surface area contributed by atoms with E-state index in [2.05, 4.69) is 52.3 Å². The van der Waals surface area contributed by atoms with Gasteiger partial charge in [0.1, 0.15) is 6.04 Å². The molecule has 170 valence electrons. The van der Waals surface area contributed by atoms with Crippen molar-refractivity contribution >= 4 is 12.0 Å². The van der Waals surface area contributed by atoms with Crippen molar-refractivity contribution in [1.29, 1.82) is 0 Å². The molecule has 1 N–H and O–H groups in total. The lowest BCUT2D eigenvalue weighted by Gasteiger charge is -2.35. The van der Waals surface area contributed by atoms with E-state index in [0.29, 0.717) is 11.8 Å². The van der Waals surface area contributed by atoms with E-state index in [9.17, 15) is 9.90 Å². The second kappa shape index (κ2) is 11.3. The van der Waals surface area contributed by atoms with E-state index in [4.69, 9.17) is 0 Å². The Morgan fingerprint density at radius 1 is 0.968 bits per heavy atom. The zero-order valence-corrected chi connectivity index (χ0v) is 19.0. The molecular weight excluding hydrogens is 384 g/mol. The molecular formula is C27H40N2O2. The van der Waals surface area contributed by atoms with E-state index in [0.717, 1.165) is 44.8 Å². The van der Waals surface area contributed by atoms with Crippen molar-refractivity contribution in [3.05, 3.63) is 42.0 Å². The second-order valence-electron chi connectivity index (χ2n) is 10.1. The number of allylic oxidation sites excluding steroid dienone is 1. The standard InChI is InChI=1S/C27H40N2O2/c30-27(31)26(25-12-5-2-6-13-25)29-19-16-24(21-29)20-28-17-14-23(15-18-28)11-7-10-22-8-3-1-4-9-22/h1,3-4,7-10,23-26H,2,5-6,11-21H2,(H,30,31)/b10-7-. The Kier molecular flexibility index (Phi) is 8.21. The smallest absolute Gasteiger partial charge is 0.321 e. The molecule has 31 heavy (non-hydrogen) atoms. The molecule has 0 bridgehead atoms. The molecule has 2 unspecified atom stereocenters. The molecule has 2 heterocycles. The molecule has 1 aromatic carbocycles. The fourth-order valence-electron chi connectivity index (χ4n) is 6.10. The summed E-state index contributed by atoms with van der Waals surface area (Å²) in [6.45, 7) is 5.50. The van der Waals surface area contributed by atoms with Gasteiger partial charge in [0.2, 0.25) is 0 Å². The van der Waals surface area contributed by atoms with Crippen LogP contribution in [0.1, 0.15) is 63.4 Å². The molecule has 1 aromatic rings. The van der Waals surface area contributed by atoms with E-state index >= 15 is 0 Å². The summed E-state index contributed by atoms with van der Waals surface area (Å²) in [5.41, 5.74) is 1.29. The van der Waals surface area contributed by atoms with Crippen LogP contribution in [-0.4, -0.2) is 59.6 Å². The summed E-state index contributed by atoms with van der Waals surface area (Å²) in [6.07, 6.45) is 15.4. The molecule has 0 spiro atoms. The number of rotatable bonds is 8. The molecule has 2 saturated heterocycles. The molecule has 3 fully saturated rings. The molecule has 0 amide bonds. The maximum absolute atomic E-state index is 12.0. The predicted octanol–water partition coefficient (Wildman–Crippen LogP) is 5.16. The van der Waals surface area contributed by atoms with E-state index in [1.54, 1.807) is 0 Å². The van der Waals surface area contributed by atoms with Gasteiger partial charge in [-0.15, -0.1) is 0 Å². The molecule has 4 nitrogen and oxygen atoms in total. The Morgan fingerprint density at radius 2 is 1.68 bits per heavy atom. The number of benzene rings is 1. The van der Waals surface area contributed by atoms with Crippen molar-refractivity contribution in [2.24, 2.45) is 17.8 Å². The Morgan fingerprint density at radius 3 is 2.39 bits per heavy atom. The lowest BCUT2D eigenvalue weighted by atomic mass is 9.83. The van der Waals surface area contributed by atoms with Crippen molar-refractivity contribution in [3.63, 3.8) is 0 Å². The van der Waals surface area contributed by atoms with Gasteiger partial charge in [-0.05, 0) is 81.5 Å². The molecule has 0 radical (unpaired) electrons. The summed E-state index contributed by atoms with van der Waals surface area (Å²) in [4.78, 5) is 17.0. The van der Waals surface area contributed by atoms with Crippen LogP contribution in [-0.2, 0) is 4.79 Å². The number of carboxylic acids is 1. The number of carboxylic acid groups (broad SMARTS) is 1. The lowest BCUT2D eigenvalue weighted by molar-refractivity contribution is -0.145. The van der Waals surface area contributed by atoms with Gasteiger partial charge in [0.05, 0.1) is 0 Å². The number of aliphatic carboxylic acids is 1. The maximum Gasteiger partial charge on any atom is 0.321 e. The zero-order chi connectivity index (χ0) is 21.5. The summed E-state index contributed by atoms with van der Waals surface area (Å²) in [5.74, 6) is 1.22. The first kappa shape index (κ1) is 22.5. The van der Waals surface area contributed by atoms with Gasteiger partial charge in [0.15, 0.2) is 0 Å². The largest absolute Gasteiger partial charge is 0.480 e. The fraction of sp³-hybridized carbons (Fsp3) is 0.667. The average Bonchev–Trinajstić information content (AvgIpc) is 3.24. The van der Waals surface area contributed by atoms with Gasteiger partial charge in [-0.2, -0.15) is 0 Å². The van der Waals surface area contributed by atoms with Crippen LogP contribution in [0.4, 0.5) is 0 Å². The molecule has 1 saturated carbocycles.